The summed E-state index contributed by atoms with van der Waals surface area (Å²) in [5.41, 5.74) is 1.86. The van der Waals surface area contributed by atoms with E-state index in [1.807, 2.05) is 24.3 Å². The molecular formula is C28H33Cl2N3O5. The molecule has 1 aliphatic carbocycles. The molecular weight excluding hydrogens is 529 g/mol. The van der Waals surface area contributed by atoms with Gasteiger partial charge in [0, 0.05) is 31.2 Å². The molecule has 4 rings (SSSR count). The lowest BCUT2D eigenvalue weighted by Gasteiger charge is -2.33. The van der Waals surface area contributed by atoms with Crippen LogP contribution in [0.25, 0.3) is 0 Å². The number of urea groups is 1. The first-order chi connectivity index (χ1) is 18.2. The van der Waals surface area contributed by atoms with Gasteiger partial charge >= 0.3 is 12.0 Å². The summed E-state index contributed by atoms with van der Waals surface area (Å²) >= 11 is 12.6. The molecule has 1 N–H and O–H groups in total. The SMILES string of the molecule is CN1CC(=O)N(CCOc2ccc(CN(CC3CCCC3)C(CC(=O)O)c3ccc(Cl)cc3)cc2Cl)C1=O. The number of carbonyl (C=O) groups is 3. The maximum atomic E-state index is 12.0. The van der Waals surface area contributed by atoms with Gasteiger partial charge in [0.2, 0.25) is 5.91 Å². The Balaban J connectivity index is 1.47. The summed E-state index contributed by atoms with van der Waals surface area (Å²) in [4.78, 5) is 40.6. The van der Waals surface area contributed by atoms with Gasteiger partial charge in [0.25, 0.3) is 0 Å². The normalized spacial score (nSPS) is 17.1. The number of rotatable bonds is 12. The molecule has 2 aliphatic rings. The summed E-state index contributed by atoms with van der Waals surface area (Å²) < 4.78 is 5.78. The molecule has 2 aromatic rings. The van der Waals surface area contributed by atoms with E-state index in [1.54, 1.807) is 25.2 Å². The highest BCUT2D eigenvalue weighted by molar-refractivity contribution is 6.32. The van der Waals surface area contributed by atoms with Crippen LogP contribution in [0.2, 0.25) is 10.0 Å². The zero-order valence-corrected chi connectivity index (χ0v) is 23.0. The Morgan fingerprint density at radius 3 is 2.45 bits per heavy atom. The number of benzene rings is 2. The number of hydrogen-bond acceptors (Lipinski definition) is 5. The fraction of sp³-hybridized carbons (Fsp3) is 0.464. The standard InChI is InChI=1S/C28H33Cl2N3O5/c1-31-18-26(34)33(28(31)37)12-13-38-25-11-6-20(14-23(25)30)17-32(16-19-4-2-3-5-19)24(15-27(35)36)21-7-9-22(29)10-8-21/h6-11,14,19,24H,2-5,12-13,15-18H2,1H3,(H,35,36). The number of carboxylic acids is 1. The Morgan fingerprint density at radius 1 is 1.13 bits per heavy atom. The van der Waals surface area contributed by atoms with Crippen molar-refractivity contribution < 1.29 is 24.2 Å². The van der Waals surface area contributed by atoms with Crippen molar-refractivity contribution in [3.05, 3.63) is 63.6 Å². The lowest BCUT2D eigenvalue weighted by molar-refractivity contribution is -0.138. The molecule has 10 heteroatoms. The van der Waals surface area contributed by atoms with Gasteiger partial charge in [-0.25, -0.2) is 4.79 Å². The second-order valence-electron chi connectivity index (χ2n) is 10.0. The van der Waals surface area contributed by atoms with E-state index >= 15 is 0 Å². The summed E-state index contributed by atoms with van der Waals surface area (Å²) in [6.07, 6.45) is 4.66. The summed E-state index contributed by atoms with van der Waals surface area (Å²) in [6, 6.07) is 12.3. The molecule has 0 aromatic heterocycles. The van der Waals surface area contributed by atoms with E-state index in [2.05, 4.69) is 4.90 Å². The molecule has 3 amide bonds. The van der Waals surface area contributed by atoms with E-state index in [0.29, 0.717) is 28.3 Å². The van der Waals surface area contributed by atoms with Gasteiger partial charge in [0.05, 0.1) is 18.0 Å². The number of carboxylic acid groups (broad SMARTS) is 1. The van der Waals surface area contributed by atoms with Gasteiger partial charge in [0.15, 0.2) is 0 Å². The summed E-state index contributed by atoms with van der Waals surface area (Å²) in [6.45, 7) is 1.68. The van der Waals surface area contributed by atoms with Crippen LogP contribution in [0.3, 0.4) is 0 Å². The second-order valence-corrected chi connectivity index (χ2v) is 10.9. The van der Waals surface area contributed by atoms with E-state index < -0.39 is 5.97 Å². The lowest BCUT2D eigenvalue weighted by Crippen LogP contribution is -2.35. The highest BCUT2D eigenvalue weighted by atomic mass is 35.5. The zero-order valence-electron chi connectivity index (χ0n) is 21.4. The van der Waals surface area contributed by atoms with Crippen LogP contribution in [0.15, 0.2) is 42.5 Å². The minimum atomic E-state index is -0.857. The summed E-state index contributed by atoms with van der Waals surface area (Å²) in [5.74, 6) is -0.123. The Bertz CT molecular complexity index is 1150. The predicted octanol–water partition coefficient (Wildman–Crippen LogP) is 5.47. The fourth-order valence-electron chi connectivity index (χ4n) is 5.26. The van der Waals surface area contributed by atoms with Gasteiger partial charge < -0.3 is 14.7 Å². The average Bonchev–Trinajstić information content (AvgIpc) is 3.47. The molecule has 1 unspecified atom stereocenters. The van der Waals surface area contributed by atoms with Gasteiger partial charge in [-0.15, -0.1) is 0 Å². The fourth-order valence-corrected chi connectivity index (χ4v) is 5.65. The molecule has 2 fully saturated rings. The molecule has 0 spiro atoms. The van der Waals surface area contributed by atoms with Crippen LogP contribution < -0.4 is 4.74 Å². The minimum Gasteiger partial charge on any atom is -0.490 e. The zero-order chi connectivity index (χ0) is 27.2. The Kier molecular flexibility index (Phi) is 9.52. The average molecular weight is 562 g/mol. The number of amides is 3. The molecule has 38 heavy (non-hydrogen) atoms. The first-order valence-corrected chi connectivity index (χ1v) is 13.6. The number of nitrogens with zero attached hydrogens (tertiary/aromatic N) is 3. The topological polar surface area (TPSA) is 90.4 Å². The third kappa shape index (κ3) is 7.18. The molecule has 0 radical (unpaired) electrons. The van der Waals surface area contributed by atoms with Crippen molar-refractivity contribution in [3.8, 4) is 5.75 Å². The summed E-state index contributed by atoms with van der Waals surface area (Å²) in [7, 11) is 1.58. The monoisotopic (exact) mass is 561 g/mol. The van der Waals surface area contributed by atoms with Gasteiger partial charge in [-0.2, -0.15) is 0 Å². The van der Waals surface area contributed by atoms with Crippen LogP contribution in [-0.2, 0) is 16.1 Å². The molecule has 1 saturated carbocycles. The first kappa shape index (κ1) is 28.2. The van der Waals surface area contributed by atoms with E-state index in [0.717, 1.165) is 30.5 Å². The van der Waals surface area contributed by atoms with E-state index in [1.165, 1.54) is 22.6 Å². The van der Waals surface area contributed by atoms with Crippen LogP contribution in [0.4, 0.5) is 4.79 Å². The number of likely N-dealkylation sites (N-methyl/N-ethyl adjacent to an activating group) is 1. The quantitative estimate of drug-likeness (QED) is 0.345. The van der Waals surface area contributed by atoms with Crippen molar-refractivity contribution in [2.24, 2.45) is 5.92 Å². The van der Waals surface area contributed by atoms with Crippen LogP contribution in [0.1, 0.15) is 49.3 Å². The molecule has 1 heterocycles. The Morgan fingerprint density at radius 2 is 1.84 bits per heavy atom. The number of carbonyl (C=O) groups excluding carboxylic acids is 2. The van der Waals surface area contributed by atoms with Crippen molar-refractivity contribution in [1.82, 2.24) is 14.7 Å². The van der Waals surface area contributed by atoms with Crippen molar-refractivity contribution in [2.45, 2.75) is 44.7 Å². The first-order valence-electron chi connectivity index (χ1n) is 12.9. The molecule has 1 saturated heterocycles. The number of ether oxygens (including phenoxy) is 1. The molecule has 2 aromatic carbocycles. The smallest absolute Gasteiger partial charge is 0.327 e. The maximum Gasteiger partial charge on any atom is 0.327 e. The Labute approximate surface area is 233 Å². The predicted molar refractivity (Wildman–Crippen MR) is 145 cm³/mol. The molecule has 204 valence electrons. The minimum absolute atomic E-state index is 0.0214. The van der Waals surface area contributed by atoms with Gasteiger partial charge in [-0.1, -0.05) is 54.2 Å². The highest BCUT2D eigenvalue weighted by Gasteiger charge is 2.33. The number of imide groups is 1. The van der Waals surface area contributed by atoms with Gasteiger partial charge in [-0.3, -0.25) is 19.4 Å². The molecule has 1 atom stereocenters. The Hall–Kier alpha value is -2.81. The molecule has 0 bridgehead atoms. The third-order valence-electron chi connectivity index (χ3n) is 7.22. The number of halogens is 2. The van der Waals surface area contributed by atoms with E-state index in [4.69, 9.17) is 27.9 Å². The third-order valence-corrected chi connectivity index (χ3v) is 7.76. The van der Waals surface area contributed by atoms with Crippen LogP contribution in [0, 0.1) is 5.92 Å². The van der Waals surface area contributed by atoms with Gasteiger partial charge in [-0.05, 0) is 54.2 Å². The van der Waals surface area contributed by atoms with Crippen molar-refractivity contribution in [2.75, 3.05) is 33.3 Å². The largest absolute Gasteiger partial charge is 0.490 e. The second kappa shape index (κ2) is 12.8. The maximum absolute atomic E-state index is 12.0. The van der Waals surface area contributed by atoms with Crippen LogP contribution in [0.5, 0.6) is 5.75 Å². The number of aliphatic carboxylic acids is 1. The van der Waals surface area contributed by atoms with Gasteiger partial charge in [0.1, 0.15) is 18.9 Å². The lowest BCUT2D eigenvalue weighted by atomic mass is 9.98. The molecule has 1 aliphatic heterocycles. The van der Waals surface area contributed by atoms with Crippen LogP contribution in [-0.4, -0.2) is 71.0 Å². The van der Waals surface area contributed by atoms with E-state index in [9.17, 15) is 19.5 Å². The van der Waals surface area contributed by atoms with Crippen molar-refractivity contribution in [3.63, 3.8) is 0 Å². The molecule has 8 nitrogen and oxygen atoms in total. The van der Waals surface area contributed by atoms with Crippen LogP contribution >= 0.6 is 23.2 Å². The van der Waals surface area contributed by atoms with Crippen molar-refractivity contribution in [1.29, 1.82) is 0 Å². The van der Waals surface area contributed by atoms with E-state index in [-0.39, 0.29) is 44.1 Å². The summed E-state index contributed by atoms with van der Waals surface area (Å²) in [5, 5.41) is 10.8. The highest BCUT2D eigenvalue weighted by Crippen LogP contribution is 2.34. The van der Waals surface area contributed by atoms with Crippen molar-refractivity contribution >= 4 is 41.1 Å². The number of hydrogen-bond donors (Lipinski definition) is 1.